The number of rotatable bonds is 5. The molecule has 1 aromatic carbocycles. The Kier molecular flexibility index (Phi) is 16.5. The fraction of sp³-hybridized carbons (Fsp3) is 0.625. The maximum absolute atomic E-state index is 12.3. The Morgan fingerprint density at radius 3 is 2.21 bits per heavy atom. The van der Waals surface area contributed by atoms with Crippen LogP contribution in [-0.2, 0) is 14.3 Å². The number of piperidine rings is 2. The summed E-state index contributed by atoms with van der Waals surface area (Å²) in [6, 6.07) is 8.60. The molecule has 0 aliphatic carbocycles. The predicted octanol–water partition coefficient (Wildman–Crippen LogP) is -1.42. The van der Waals surface area contributed by atoms with Crippen LogP contribution in [-0.4, -0.2) is 73.7 Å². The average Bonchev–Trinajstić information content (AvgIpc) is 2.82. The van der Waals surface area contributed by atoms with Gasteiger partial charge in [0, 0.05) is 5.56 Å². The fourth-order valence-electron chi connectivity index (χ4n) is 3.96. The van der Waals surface area contributed by atoms with Gasteiger partial charge in [-0.2, -0.15) is 7.11 Å². The molecule has 0 amide bonds. The van der Waals surface area contributed by atoms with Crippen molar-refractivity contribution in [2.75, 3.05) is 33.9 Å². The van der Waals surface area contributed by atoms with Crippen molar-refractivity contribution in [2.45, 2.75) is 51.6 Å². The van der Waals surface area contributed by atoms with E-state index < -0.39 is 5.97 Å². The van der Waals surface area contributed by atoms with Crippen molar-refractivity contribution in [3.05, 3.63) is 35.9 Å². The molecule has 2 N–H and O–H groups in total. The second kappa shape index (κ2) is 17.2. The van der Waals surface area contributed by atoms with Gasteiger partial charge in [0.2, 0.25) is 0 Å². The molecule has 3 rings (SSSR count). The molecule has 0 saturated carbocycles. The van der Waals surface area contributed by atoms with Crippen molar-refractivity contribution in [3.63, 3.8) is 0 Å². The van der Waals surface area contributed by atoms with E-state index in [2.05, 4.69) is 19.2 Å². The normalized spacial score (nSPS) is 24.5. The second-order valence-corrected chi connectivity index (χ2v) is 8.40. The summed E-state index contributed by atoms with van der Waals surface area (Å²) >= 11 is 0. The number of ether oxygens (including phenoxy) is 1. The van der Waals surface area contributed by atoms with E-state index in [1.165, 1.54) is 7.11 Å². The fourth-order valence-corrected chi connectivity index (χ4v) is 3.96. The molecular weight excluding hydrogens is 435 g/mol. The van der Waals surface area contributed by atoms with Crippen molar-refractivity contribution < 1.29 is 58.9 Å². The number of aliphatic carboxylic acids is 1. The topological polar surface area (TPSA) is 119 Å². The van der Waals surface area contributed by atoms with Crippen LogP contribution in [0.1, 0.15) is 49.9 Å². The van der Waals surface area contributed by atoms with Gasteiger partial charge in [-0.25, -0.2) is 0 Å². The number of hydrogen-bond donors (Lipinski definition) is 2. The maximum Gasteiger partial charge on any atom is 1.00 e. The number of esters is 1. The van der Waals surface area contributed by atoms with Crippen LogP contribution in [0.3, 0.4) is 0 Å². The van der Waals surface area contributed by atoms with Crippen LogP contribution < -0.4 is 40.0 Å². The molecule has 2 unspecified atom stereocenters. The number of methoxy groups -OCH3 is 1. The largest absolute Gasteiger partial charge is 1.00 e. The third kappa shape index (κ3) is 11.1. The van der Waals surface area contributed by atoms with E-state index in [1.54, 1.807) is 0 Å². The molecule has 0 bridgehead atoms. The number of ketones is 1. The molecule has 0 spiro atoms. The van der Waals surface area contributed by atoms with Gasteiger partial charge in [0.1, 0.15) is 12.1 Å². The number of carbonyl (C=O) groups is 3. The van der Waals surface area contributed by atoms with E-state index in [-0.39, 0.29) is 59.9 Å². The van der Waals surface area contributed by atoms with Crippen LogP contribution in [0.4, 0.5) is 0 Å². The van der Waals surface area contributed by atoms with Gasteiger partial charge in [-0.3, -0.25) is 19.3 Å². The number of likely N-dealkylation sites (tertiary alicyclic amines) is 1. The zero-order valence-corrected chi connectivity index (χ0v) is 22.6. The number of carboxylic acid groups (broad SMARTS) is 1. The van der Waals surface area contributed by atoms with Gasteiger partial charge < -0.3 is 20.3 Å². The predicted molar refractivity (Wildman–Crippen MR) is 120 cm³/mol. The van der Waals surface area contributed by atoms with Crippen LogP contribution in [0.25, 0.3) is 0 Å². The Morgan fingerprint density at radius 1 is 1.09 bits per heavy atom. The number of nitrogens with one attached hydrogen (secondary N) is 1. The number of carbonyl (C=O) groups excluding carboxylic acids is 2. The molecule has 0 radical (unpaired) electrons. The van der Waals surface area contributed by atoms with Crippen molar-refractivity contribution in [1.29, 1.82) is 0 Å². The van der Waals surface area contributed by atoms with E-state index in [4.69, 9.17) is 14.9 Å². The minimum Gasteiger partial charge on any atom is -0.857 e. The van der Waals surface area contributed by atoms with Gasteiger partial charge in [0.25, 0.3) is 0 Å². The molecule has 2 heterocycles. The Morgan fingerprint density at radius 2 is 1.70 bits per heavy atom. The summed E-state index contributed by atoms with van der Waals surface area (Å²) in [6.45, 7) is 6.11. The minimum atomic E-state index is -0.716. The van der Waals surface area contributed by atoms with Crippen molar-refractivity contribution in [2.24, 2.45) is 11.8 Å². The van der Waals surface area contributed by atoms with Gasteiger partial charge in [-0.15, -0.1) is 0 Å². The van der Waals surface area contributed by atoms with Crippen LogP contribution >= 0.6 is 0 Å². The summed E-state index contributed by atoms with van der Waals surface area (Å²) in [6.07, 6.45) is 3.64. The number of nitrogens with zero attached hydrogens (tertiary/aromatic N) is 1. The molecule has 33 heavy (non-hydrogen) atoms. The molecule has 8 nitrogen and oxygen atoms in total. The maximum atomic E-state index is 12.3. The quantitative estimate of drug-likeness (QED) is 0.305. The first-order valence-electron chi connectivity index (χ1n) is 11.1. The molecule has 2 aliphatic rings. The first kappa shape index (κ1) is 31.7. The molecule has 180 valence electrons. The number of hydrogen-bond acceptors (Lipinski definition) is 7. The first-order chi connectivity index (χ1) is 15.3. The average molecular weight is 473 g/mol. The summed E-state index contributed by atoms with van der Waals surface area (Å²) in [5.41, 5.74) is 0.690. The Hall–Kier alpha value is -1.29. The third-order valence-electron chi connectivity index (χ3n) is 5.86. The van der Waals surface area contributed by atoms with Crippen molar-refractivity contribution in [3.8, 4) is 0 Å². The van der Waals surface area contributed by atoms with Gasteiger partial charge in [0.15, 0.2) is 5.78 Å². The molecular formula is C24H37N2NaO6. The Bertz CT molecular complexity index is 718. The minimum absolute atomic E-state index is 0. The molecule has 2 saturated heterocycles. The van der Waals surface area contributed by atoms with Gasteiger partial charge in [-0.1, -0.05) is 44.2 Å². The summed E-state index contributed by atoms with van der Waals surface area (Å²) in [5.74, 6) is 0.141. The zero-order valence-electron chi connectivity index (χ0n) is 20.6. The van der Waals surface area contributed by atoms with E-state index in [9.17, 15) is 14.4 Å². The first-order valence-corrected chi connectivity index (χ1v) is 11.1. The van der Waals surface area contributed by atoms with Crippen molar-refractivity contribution in [1.82, 2.24) is 10.2 Å². The van der Waals surface area contributed by atoms with Crippen LogP contribution in [0.2, 0.25) is 0 Å². The van der Waals surface area contributed by atoms with Crippen LogP contribution in [0.15, 0.2) is 30.3 Å². The number of benzene rings is 1. The van der Waals surface area contributed by atoms with E-state index in [0.29, 0.717) is 17.4 Å². The molecule has 4 atom stereocenters. The van der Waals surface area contributed by atoms with Crippen LogP contribution in [0, 0.1) is 11.8 Å². The monoisotopic (exact) mass is 472 g/mol. The van der Waals surface area contributed by atoms with Crippen molar-refractivity contribution >= 4 is 17.7 Å². The van der Waals surface area contributed by atoms with E-state index in [1.807, 2.05) is 35.2 Å². The standard InChI is InChI=1S/C16H21NO3.C7H13NO2.CH3O.Na/c1-12-8-9-17(14(10-12)16(19)20-2)11-15(18)13-6-4-3-5-7-13;1-5-2-3-8-6(4-5)7(9)10;1-2;/h3-7,12,14H,8-11H2,1-2H3;5-6,8H,2-4H2,1H3,(H,9,10);1H3;/q;;-1;+1/t;5-,6+;;/m.1../s1. The molecule has 0 aromatic heterocycles. The number of carboxylic acids is 1. The SMILES string of the molecule is COC(=O)C1CC(C)CCN1CC(=O)c1ccccc1.C[C@@H]1CCN[C@H](C(=O)O)C1.C[O-].[Na+]. The molecule has 1 aromatic rings. The summed E-state index contributed by atoms with van der Waals surface area (Å²) < 4.78 is 4.86. The Labute approximate surface area is 219 Å². The number of Topliss-reactive ketones (excluding diaryl/α,β-unsaturated/α-hetero) is 1. The summed E-state index contributed by atoms with van der Waals surface area (Å²) in [4.78, 5) is 36.5. The smallest absolute Gasteiger partial charge is 0.857 e. The van der Waals surface area contributed by atoms with Gasteiger partial charge in [0.05, 0.1) is 13.7 Å². The summed E-state index contributed by atoms with van der Waals surface area (Å²) in [5, 5.41) is 19.8. The van der Waals surface area contributed by atoms with Crippen LogP contribution in [0.5, 0.6) is 0 Å². The molecule has 2 aliphatic heterocycles. The molecule has 2 fully saturated rings. The third-order valence-corrected chi connectivity index (χ3v) is 5.86. The second-order valence-electron chi connectivity index (χ2n) is 8.40. The summed E-state index contributed by atoms with van der Waals surface area (Å²) in [7, 11) is 2.15. The van der Waals surface area contributed by atoms with Gasteiger partial charge >= 0.3 is 41.5 Å². The van der Waals surface area contributed by atoms with E-state index >= 15 is 0 Å². The van der Waals surface area contributed by atoms with Gasteiger partial charge in [-0.05, 0) is 50.6 Å². The Balaban J connectivity index is 0.000000666. The zero-order chi connectivity index (χ0) is 24.1. The van der Waals surface area contributed by atoms with E-state index in [0.717, 1.165) is 45.9 Å². The molecule has 9 heteroatoms.